The van der Waals surface area contributed by atoms with Crippen molar-refractivity contribution in [3.8, 4) is 0 Å². The molecule has 1 rings (SSSR count). The second-order valence-electron chi connectivity index (χ2n) is 1.77. The molecule has 66 valence electrons. The molecule has 0 aliphatic carbocycles. The fourth-order valence-electron chi connectivity index (χ4n) is 0.340. The SMILES string of the molecule is CC(=O)O.NC(=O)c1ccon1. The van der Waals surface area contributed by atoms with E-state index in [1.54, 1.807) is 0 Å². The lowest BCUT2D eigenvalue weighted by Crippen LogP contribution is -2.10. The van der Waals surface area contributed by atoms with Crippen LogP contribution in [0.25, 0.3) is 0 Å². The number of aliphatic carboxylic acids is 1. The molecule has 1 aromatic heterocycles. The summed E-state index contributed by atoms with van der Waals surface area (Å²) in [6, 6.07) is 1.41. The zero-order valence-electron chi connectivity index (χ0n) is 6.35. The lowest BCUT2D eigenvalue weighted by Gasteiger charge is -1.77. The summed E-state index contributed by atoms with van der Waals surface area (Å²) in [5.41, 5.74) is 4.95. The van der Waals surface area contributed by atoms with Crippen molar-refractivity contribution >= 4 is 11.9 Å². The number of hydrogen-bond donors (Lipinski definition) is 2. The Morgan fingerprint density at radius 3 is 2.33 bits per heavy atom. The molecule has 0 fully saturated rings. The molecule has 6 nitrogen and oxygen atoms in total. The predicted molar refractivity (Wildman–Crippen MR) is 38.3 cm³/mol. The maximum Gasteiger partial charge on any atom is 0.300 e. The van der Waals surface area contributed by atoms with Crippen molar-refractivity contribution in [1.82, 2.24) is 5.16 Å². The molecule has 0 aliphatic heterocycles. The molecule has 0 aromatic carbocycles. The van der Waals surface area contributed by atoms with Crippen LogP contribution in [0.15, 0.2) is 16.9 Å². The first-order valence-corrected chi connectivity index (χ1v) is 2.93. The first kappa shape index (κ1) is 10.2. The van der Waals surface area contributed by atoms with E-state index in [0.717, 1.165) is 6.92 Å². The Bertz CT molecular complexity index is 251. The zero-order valence-corrected chi connectivity index (χ0v) is 6.35. The predicted octanol–water partition coefficient (Wildman–Crippen LogP) is -0.136. The van der Waals surface area contributed by atoms with E-state index in [4.69, 9.17) is 15.6 Å². The van der Waals surface area contributed by atoms with Gasteiger partial charge in [-0.25, -0.2) is 0 Å². The molecule has 6 heteroatoms. The van der Waals surface area contributed by atoms with Crippen LogP contribution < -0.4 is 5.73 Å². The zero-order chi connectivity index (χ0) is 9.56. The first-order chi connectivity index (χ1) is 5.54. The molecule has 1 aromatic rings. The number of aromatic nitrogens is 1. The van der Waals surface area contributed by atoms with Gasteiger partial charge >= 0.3 is 0 Å². The maximum absolute atomic E-state index is 10.2. The first-order valence-electron chi connectivity index (χ1n) is 2.93. The van der Waals surface area contributed by atoms with Gasteiger partial charge in [0.2, 0.25) is 0 Å². The number of primary amides is 1. The Balaban J connectivity index is 0.000000261. The van der Waals surface area contributed by atoms with Crippen LogP contribution in [0, 0.1) is 0 Å². The number of hydrogen-bond acceptors (Lipinski definition) is 4. The molecular weight excluding hydrogens is 164 g/mol. The molecule has 1 heterocycles. The van der Waals surface area contributed by atoms with Gasteiger partial charge in [0.1, 0.15) is 6.26 Å². The minimum absolute atomic E-state index is 0.157. The van der Waals surface area contributed by atoms with Crippen molar-refractivity contribution in [2.24, 2.45) is 5.73 Å². The van der Waals surface area contributed by atoms with E-state index in [-0.39, 0.29) is 5.69 Å². The average molecular weight is 172 g/mol. The third kappa shape index (κ3) is 4.98. The molecule has 0 spiro atoms. The summed E-state index contributed by atoms with van der Waals surface area (Å²) < 4.78 is 4.32. The van der Waals surface area contributed by atoms with Crippen LogP contribution in [0.2, 0.25) is 0 Å². The Labute approximate surface area is 68.0 Å². The highest BCUT2D eigenvalue weighted by molar-refractivity contribution is 5.90. The van der Waals surface area contributed by atoms with Crippen molar-refractivity contribution in [3.05, 3.63) is 18.0 Å². The van der Waals surface area contributed by atoms with E-state index >= 15 is 0 Å². The molecule has 12 heavy (non-hydrogen) atoms. The summed E-state index contributed by atoms with van der Waals surface area (Å²) >= 11 is 0. The molecule has 0 unspecified atom stereocenters. The van der Waals surface area contributed by atoms with Crippen molar-refractivity contribution in [1.29, 1.82) is 0 Å². The lowest BCUT2D eigenvalue weighted by atomic mass is 10.4. The van der Waals surface area contributed by atoms with Crippen molar-refractivity contribution in [2.75, 3.05) is 0 Å². The van der Waals surface area contributed by atoms with Crippen molar-refractivity contribution in [2.45, 2.75) is 6.92 Å². The number of carbonyl (C=O) groups is 2. The number of rotatable bonds is 1. The van der Waals surface area contributed by atoms with Gasteiger partial charge in [-0.15, -0.1) is 0 Å². The van der Waals surface area contributed by atoms with Crippen LogP contribution in [0.1, 0.15) is 17.4 Å². The highest BCUT2D eigenvalue weighted by atomic mass is 16.5. The smallest absolute Gasteiger partial charge is 0.300 e. The van der Waals surface area contributed by atoms with Gasteiger partial charge in [-0.2, -0.15) is 0 Å². The summed E-state index contributed by atoms with van der Waals surface area (Å²) in [5, 5.41) is 10.7. The number of carboxylic acid groups (broad SMARTS) is 1. The van der Waals surface area contributed by atoms with Gasteiger partial charge in [-0.3, -0.25) is 9.59 Å². The minimum Gasteiger partial charge on any atom is -0.481 e. The summed E-state index contributed by atoms with van der Waals surface area (Å²) in [6.45, 7) is 1.08. The van der Waals surface area contributed by atoms with Gasteiger partial charge < -0.3 is 15.4 Å². The standard InChI is InChI=1S/C4H4N2O2.C2H4O2/c5-4(7)3-1-2-8-6-3;1-2(3)4/h1-2H,(H2,5,7);1H3,(H,3,4). The minimum atomic E-state index is -0.833. The molecule has 0 aliphatic rings. The molecule has 0 atom stereocenters. The lowest BCUT2D eigenvalue weighted by molar-refractivity contribution is -0.134. The van der Waals surface area contributed by atoms with Crippen LogP contribution in [-0.2, 0) is 4.79 Å². The van der Waals surface area contributed by atoms with E-state index < -0.39 is 11.9 Å². The van der Waals surface area contributed by atoms with E-state index in [9.17, 15) is 4.79 Å². The topological polar surface area (TPSA) is 106 Å². The number of carbonyl (C=O) groups excluding carboxylic acids is 1. The van der Waals surface area contributed by atoms with Crippen LogP contribution >= 0.6 is 0 Å². The third-order valence-corrected chi connectivity index (χ3v) is 0.690. The van der Waals surface area contributed by atoms with Gasteiger partial charge in [0.15, 0.2) is 5.69 Å². The second kappa shape index (κ2) is 4.89. The van der Waals surface area contributed by atoms with E-state index in [2.05, 4.69) is 9.68 Å². The van der Waals surface area contributed by atoms with Gasteiger partial charge in [0, 0.05) is 13.0 Å². The van der Waals surface area contributed by atoms with E-state index in [0.29, 0.717) is 0 Å². The fraction of sp³-hybridized carbons (Fsp3) is 0.167. The maximum atomic E-state index is 10.2. The third-order valence-electron chi connectivity index (χ3n) is 0.690. The summed E-state index contributed by atoms with van der Waals surface area (Å²) in [4.78, 5) is 19.2. The Kier molecular flexibility index (Phi) is 4.13. The molecule has 0 bridgehead atoms. The highest BCUT2D eigenvalue weighted by Crippen LogP contribution is 1.89. The molecule has 0 radical (unpaired) electrons. The van der Waals surface area contributed by atoms with Crippen LogP contribution in [0.4, 0.5) is 0 Å². The number of amides is 1. The Morgan fingerprint density at radius 1 is 1.67 bits per heavy atom. The van der Waals surface area contributed by atoms with Crippen LogP contribution in [0.3, 0.4) is 0 Å². The van der Waals surface area contributed by atoms with Crippen molar-refractivity contribution < 1.29 is 19.2 Å². The fourth-order valence-corrected chi connectivity index (χ4v) is 0.340. The van der Waals surface area contributed by atoms with Gasteiger partial charge in [-0.1, -0.05) is 5.16 Å². The summed E-state index contributed by atoms with van der Waals surface area (Å²) in [6.07, 6.45) is 1.29. The molecule has 3 N–H and O–H groups in total. The quantitative estimate of drug-likeness (QED) is 0.613. The van der Waals surface area contributed by atoms with E-state index in [1.807, 2.05) is 0 Å². The van der Waals surface area contributed by atoms with Gasteiger partial charge in [0.25, 0.3) is 11.9 Å². The Morgan fingerprint density at radius 2 is 2.17 bits per heavy atom. The number of carboxylic acids is 1. The van der Waals surface area contributed by atoms with Crippen LogP contribution in [0.5, 0.6) is 0 Å². The molecule has 0 saturated carbocycles. The largest absolute Gasteiger partial charge is 0.481 e. The number of nitrogens with zero attached hydrogens (tertiary/aromatic N) is 1. The van der Waals surface area contributed by atoms with E-state index in [1.165, 1.54) is 12.3 Å². The second-order valence-corrected chi connectivity index (χ2v) is 1.77. The van der Waals surface area contributed by atoms with Gasteiger partial charge in [-0.05, 0) is 0 Å². The molecular formula is C6H8N2O4. The molecule has 0 saturated heterocycles. The summed E-state index contributed by atoms with van der Waals surface area (Å²) in [5.74, 6) is -1.40. The van der Waals surface area contributed by atoms with Crippen LogP contribution in [-0.4, -0.2) is 22.1 Å². The van der Waals surface area contributed by atoms with Crippen molar-refractivity contribution in [3.63, 3.8) is 0 Å². The van der Waals surface area contributed by atoms with Gasteiger partial charge in [0.05, 0.1) is 0 Å². The average Bonchev–Trinajstić information content (AvgIpc) is 2.34. The monoisotopic (exact) mass is 172 g/mol. The highest BCUT2D eigenvalue weighted by Gasteiger charge is 2.00. The Hall–Kier alpha value is -1.85. The normalized spacial score (nSPS) is 8.08. The number of nitrogens with two attached hydrogens (primary N) is 1. The summed E-state index contributed by atoms with van der Waals surface area (Å²) in [7, 11) is 0. The molecule has 1 amide bonds.